The molecule has 6 heteroatoms. The van der Waals surface area contributed by atoms with Gasteiger partial charge in [0, 0.05) is 26.2 Å². The van der Waals surface area contributed by atoms with Crippen molar-refractivity contribution >= 4 is 17.3 Å². The second-order valence-corrected chi connectivity index (χ2v) is 3.68. The van der Waals surface area contributed by atoms with Crippen molar-refractivity contribution in [2.24, 2.45) is 0 Å². The first-order valence-electron chi connectivity index (χ1n) is 5.81. The molecule has 18 heavy (non-hydrogen) atoms. The average Bonchev–Trinajstić information content (AvgIpc) is 2.38. The predicted molar refractivity (Wildman–Crippen MR) is 69.9 cm³/mol. The van der Waals surface area contributed by atoms with E-state index in [9.17, 15) is 14.9 Å². The van der Waals surface area contributed by atoms with Gasteiger partial charge < -0.3 is 10.2 Å². The van der Waals surface area contributed by atoms with Crippen molar-refractivity contribution in [1.29, 1.82) is 0 Å². The van der Waals surface area contributed by atoms with E-state index in [0.717, 1.165) is 0 Å². The number of nitro benzene ring substituents is 1. The Morgan fingerprint density at radius 2 is 2.00 bits per heavy atom. The molecule has 0 radical (unpaired) electrons. The van der Waals surface area contributed by atoms with Crippen molar-refractivity contribution in [3.8, 4) is 0 Å². The average molecular weight is 251 g/mol. The van der Waals surface area contributed by atoms with Gasteiger partial charge in [-0.25, -0.2) is 0 Å². The predicted octanol–water partition coefficient (Wildman–Crippen LogP) is 2.12. The van der Waals surface area contributed by atoms with Crippen molar-refractivity contribution in [2.45, 2.75) is 13.8 Å². The lowest BCUT2D eigenvalue weighted by Crippen LogP contribution is -2.31. The number of nitrogens with zero attached hydrogens (tertiary/aromatic N) is 2. The number of carbonyl (C=O) groups is 1. The molecule has 0 aliphatic carbocycles. The molecule has 0 aromatic heterocycles. The number of carbonyl (C=O) groups excluding carboxylic acids is 1. The van der Waals surface area contributed by atoms with Gasteiger partial charge in [0.15, 0.2) is 0 Å². The highest BCUT2D eigenvalue weighted by Crippen LogP contribution is 2.28. The number of benzene rings is 1. The molecule has 0 aliphatic rings. The molecule has 0 aliphatic heterocycles. The van der Waals surface area contributed by atoms with Gasteiger partial charge in [0.1, 0.15) is 5.69 Å². The van der Waals surface area contributed by atoms with Gasteiger partial charge in [0.25, 0.3) is 11.6 Å². The van der Waals surface area contributed by atoms with Gasteiger partial charge in [-0.1, -0.05) is 6.07 Å². The molecule has 0 unspecified atom stereocenters. The lowest BCUT2D eigenvalue weighted by Gasteiger charge is -2.20. The first-order chi connectivity index (χ1) is 8.56. The van der Waals surface area contributed by atoms with Crippen LogP contribution in [-0.4, -0.2) is 35.9 Å². The molecular weight excluding hydrogens is 234 g/mol. The van der Waals surface area contributed by atoms with Gasteiger partial charge in [-0.05, 0) is 19.9 Å². The number of amides is 1. The van der Waals surface area contributed by atoms with Crippen LogP contribution in [0.3, 0.4) is 0 Å². The smallest absolute Gasteiger partial charge is 0.293 e. The van der Waals surface area contributed by atoms with Crippen LogP contribution in [0.1, 0.15) is 24.2 Å². The second kappa shape index (κ2) is 6.00. The van der Waals surface area contributed by atoms with Crippen LogP contribution in [0.25, 0.3) is 0 Å². The van der Waals surface area contributed by atoms with Crippen molar-refractivity contribution in [3.05, 3.63) is 33.9 Å². The fraction of sp³-hybridized carbons (Fsp3) is 0.417. The van der Waals surface area contributed by atoms with E-state index in [2.05, 4.69) is 5.32 Å². The number of rotatable bonds is 5. The zero-order valence-electron chi connectivity index (χ0n) is 10.8. The fourth-order valence-corrected chi connectivity index (χ4v) is 1.81. The summed E-state index contributed by atoms with van der Waals surface area (Å²) in [4.78, 5) is 24.3. The molecular formula is C12H17N3O3. The number of nitro groups is 1. The Kier molecular flexibility index (Phi) is 4.65. The van der Waals surface area contributed by atoms with Crippen molar-refractivity contribution < 1.29 is 9.72 Å². The van der Waals surface area contributed by atoms with Crippen LogP contribution >= 0.6 is 0 Å². The van der Waals surface area contributed by atoms with Crippen molar-refractivity contribution in [1.82, 2.24) is 4.90 Å². The highest BCUT2D eigenvalue weighted by atomic mass is 16.6. The summed E-state index contributed by atoms with van der Waals surface area (Å²) in [5.74, 6) is -0.201. The first kappa shape index (κ1) is 14.0. The monoisotopic (exact) mass is 251 g/mol. The number of anilines is 1. The maximum absolute atomic E-state index is 12.2. The highest BCUT2D eigenvalue weighted by Gasteiger charge is 2.22. The zero-order chi connectivity index (χ0) is 13.7. The zero-order valence-corrected chi connectivity index (χ0v) is 10.8. The molecule has 1 aromatic carbocycles. The van der Waals surface area contributed by atoms with Crippen LogP contribution < -0.4 is 5.32 Å². The minimum Gasteiger partial charge on any atom is -0.382 e. The fourth-order valence-electron chi connectivity index (χ4n) is 1.81. The third-order valence-electron chi connectivity index (χ3n) is 2.77. The summed E-state index contributed by atoms with van der Waals surface area (Å²) in [7, 11) is 1.57. The molecule has 0 spiro atoms. The molecule has 1 rings (SSSR count). The number of hydrogen-bond acceptors (Lipinski definition) is 4. The van der Waals surface area contributed by atoms with E-state index in [1.807, 2.05) is 13.8 Å². The molecule has 1 amide bonds. The summed E-state index contributed by atoms with van der Waals surface area (Å²) in [6.45, 7) is 4.89. The van der Waals surface area contributed by atoms with Gasteiger partial charge in [-0.15, -0.1) is 0 Å². The minimum atomic E-state index is -0.495. The lowest BCUT2D eigenvalue weighted by atomic mass is 10.1. The SMILES string of the molecule is CCN(CC)C(=O)c1cccc([N+](=O)[O-])c1NC. The van der Waals surface area contributed by atoms with E-state index in [1.165, 1.54) is 12.1 Å². The lowest BCUT2D eigenvalue weighted by molar-refractivity contribution is -0.384. The molecule has 0 saturated heterocycles. The summed E-state index contributed by atoms with van der Waals surface area (Å²) >= 11 is 0. The third-order valence-corrected chi connectivity index (χ3v) is 2.77. The van der Waals surface area contributed by atoms with Gasteiger partial charge in [-0.2, -0.15) is 0 Å². The van der Waals surface area contributed by atoms with E-state index >= 15 is 0 Å². The Balaban J connectivity index is 3.28. The minimum absolute atomic E-state index is 0.0875. The van der Waals surface area contributed by atoms with Crippen LogP contribution in [0.4, 0.5) is 11.4 Å². The standard InChI is InChI=1S/C12H17N3O3/c1-4-14(5-2)12(16)9-7-6-8-10(15(17)18)11(9)13-3/h6-8,13H,4-5H2,1-3H3. The third kappa shape index (κ3) is 2.58. The van der Waals surface area contributed by atoms with Gasteiger partial charge in [-0.3, -0.25) is 14.9 Å². The molecule has 0 bridgehead atoms. The quantitative estimate of drug-likeness (QED) is 0.642. The topological polar surface area (TPSA) is 75.5 Å². The Labute approximate surface area is 106 Å². The Morgan fingerprint density at radius 1 is 1.39 bits per heavy atom. The molecule has 1 aromatic rings. The van der Waals surface area contributed by atoms with E-state index in [0.29, 0.717) is 18.7 Å². The van der Waals surface area contributed by atoms with Crippen LogP contribution in [0.15, 0.2) is 18.2 Å². The van der Waals surface area contributed by atoms with Gasteiger partial charge in [0.05, 0.1) is 10.5 Å². The van der Waals surface area contributed by atoms with E-state index in [4.69, 9.17) is 0 Å². The van der Waals surface area contributed by atoms with Crippen molar-refractivity contribution in [3.63, 3.8) is 0 Å². The first-order valence-corrected chi connectivity index (χ1v) is 5.81. The maximum Gasteiger partial charge on any atom is 0.293 e. The van der Waals surface area contributed by atoms with Crippen LogP contribution in [0.5, 0.6) is 0 Å². The van der Waals surface area contributed by atoms with Gasteiger partial charge in [0.2, 0.25) is 0 Å². The van der Waals surface area contributed by atoms with E-state index < -0.39 is 4.92 Å². The maximum atomic E-state index is 12.2. The summed E-state index contributed by atoms with van der Waals surface area (Å²) in [5, 5.41) is 13.6. The van der Waals surface area contributed by atoms with E-state index in [-0.39, 0.29) is 17.3 Å². The normalized spacial score (nSPS) is 9.94. The van der Waals surface area contributed by atoms with E-state index in [1.54, 1.807) is 18.0 Å². The Morgan fingerprint density at radius 3 is 2.44 bits per heavy atom. The van der Waals surface area contributed by atoms with Crippen LogP contribution in [0, 0.1) is 10.1 Å². The number of hydrogen-bond donors (Lipinski definition) is 1. The summed E-state index contributed by atoms with van der Waals surface area (Å²) in [5.41, 5.74) is 0.505. The van der Waals surface area contributed by atoms with Gasteiger partial charge >= 0.3 is 0 Å². The highest BCUT2D eigenvalue weighted by molar-refractivity contribution is 6.01. The molecule has 0 saturated carbocycles. The molecule has 1 N–H and O–H groups in total. The Hall–Kier alpha value is -2.11. The molecule has 0 atom stereocenters. The molecule has 98 valence electrons. The molecule has 6 nitrogen and oxygen atoms in total. The summed E-state index contributed by atoms with van der Waals surface area (Å²) in [6.07, 6.45) is 0. The second-order valence-electron chi connectivity index (χ2n) is 3.68. The molecule has 0 heterocycles. The largest absolute Gasteiger partial charge is 0.382 e. The summed E-state index contributed by atoms with van der Waals surface area (Å²) in [6, 6.07) is 4.50. The van der Waals surface area contributed by atoms with Crippen LogP contribution in [-0.2, 0) is 0 Å². The van der Waals surface area contributed by atoms with Crippen LogP contribution in [0.2, 0.25) is 0 Å². The van der Waals surface area contributed by atoms with Crippen molar-refractivity contribution in [2.75, 3.05) is 25.5 Å². The molecule has 0 fully saturated rings. The number of para-hydroxylation sites is 1. The summed E-state index contributed by atoms with van der Waals surface area (Å²) < 4.78 is 0. The number of nitrogens with one attached hydrogen (secondary N) is 1. The Bertz CT molecular complexity index is 456.